The summed E-state index contributed by atoms with van der Waals surface area (Å²) in [6.45, 7) is 0. The van der Waals surface area contributed by atoms with Crippen LogP contribution in [0.5, 0.6) is 0 Å². The Balaban J connectivity index is 1.47. The number of H-pyrrole nitrogens is 1. The molecule has 1 aromatic heterocycles. The van der Waals surface area contributed by atoms with E-state index in [0.29, 0.717) is 21.4 Å². The highest BCUT2D eigenvalue weighted by Gasteiger charge is 2.10. The average molecular weight is 484 g/mol. The predicted molar refractivity (Wildman–Crippen MR) is 127 cm³/mol. The third kappa shape index (κ3) is 5.22. The van der Waals surface area contributed by atoms with Gasteiger partial charge in [-0.05, 0) is 47.5 Å². The van der Waals surface area contributed by atoms with Gasteiger partial charge in [0.15, 0.2) is 0 Å². The second-order valence-electron chi connectivity index (χ2n) is 7.20. The lowest BCUT2D eigenvalue weighted by Crippen LogP contribution is -2.30. The van der Waals surface area contributed by atoms with Gasteiger partial charge in [0.2, 0.25) is 11.7 Å². The minimum absolute atomic E-state index is 0.130. The third-order valence-electron chi connectivity index (χ3n) is 4.86. The zero-order chi connectivity index (χ0) is 23.5. The van der Waals surface area contributed by atoms with Crippen molar-refractivity contribution in [1.29, 1.82) is 0 Å². The number of benzene rings is 3. The molecule has 0 saturated heterocycles. The fourth-order valence-electron chi connectivity index (χ4n) is 3.31. The summed E-state index contributed by atoms with van der Waals surface area (Å²) in [5.41, 5.74) is 1.46. The summed E-state index contributed by atoms with van der Waals surface area (Å²) in [4.78, 5) is 37.5. The minimum atomic E-state index is -1.08. The molecule has 0 spiro atoms. The van der Waals surface area contributed by atoms with Gasteiger partial charge < -0.3 is 5.32 Å². The largest absolute Gasteiger partial charge is 0.333 e. The molecule has 166 valence electrons. The van der Waals surface area contributed by atoms with E-state index in [9.17, 15) is 18.8 Å². The maximum Gasteiger partial charge on any atom is 0.333 e. The van der Waals surface area contributed by atoms with Crippen LogP contribution < -0.4 is 16.6 Å². The Bertz CT molecular complexity index is 1460. The van der Waals surface area contributed by atoms with Crippen molar-refractivity contribution in [2.45, 2.75) is 6.42 Å². The van der Waals surface area contributed by atoms with Crippen molar-refractivity contribution in [2.75, 3.05) is 5.32 Å². The summed E-state index contributed by atoms with van der Waals surface area (Å²) in [6, 6.07) is 18.9. The van der Waals surface area contributed by atoms with Crippen LogP contribution in [0.3, 0.4) is 0 Å². The lowest BCUT2D eigenvalue weighted by atomic mass is 10.0. The van der Waals surface area contributed by atoms with Gasteiger partial charge in [0.25, 0.3) is 5.56 Å². The lowest BCUT2D eigenvalue weighted by Gasteiger charge is -2.10. The number of nitrogens with one attached hydrogen (secondary N) is 2. The average Bonchev–Trinajstić information content (AvgIpc) is 2.77. The number of hydrogen-bond donors (Lipinski definition) is 2. The quantitative estimate of drug-likeness (QED) is 0.426. The minimum Gasteiger partial charge on any atom is -0.326 e. The Labute approximate surface area is 197 Å². The molecule has 0 radical (unpaired) electrons. The van der Waals surface area contributed by atoms with Crippen LogP contribution in [-0.2, 0) is 11.2 Å². The van der Waals surface area contributed by atoms with Gasteiger partial charge in [-0.25, -0.2) is 4.79 Å². The zero-order valence-corrected chi connectivity index (χ0v) is 18.5. The Kier molecular flexibility index (Phi) is 6.44. The second-order valence-corrected chi connectivity index (χ2v) is 8.05. The molecule has 3 aromatic carbocycles. The van der Waals surface area contributed by atoms with Crippen LogP contribution in [0.2, 0.25) is 10.0 Å². The summed E-state index contributed by atoms with van der Waals surface area (Å²) in [6.07, 6.45) is 0.945. The van der Waals surface area contributed by atoms with E-state index in [-0.39, 0.29) is 12.3 Å². The van der Waals surface area contributed by atoms with Crippen molar-refractivity contribution in [1.82, 2.24) is 9.55 Å². The highest BCUT2D eigenvalue weighted by atomic mass is 35.5. The van der Waals surface area contributed by atoms with Crippen molar-refractivity contribution < 1.29 is 9.18 Å². The predicted octanol–water partition coefficient (Wildman–Crippen LogP) is 4.82. The van der Waals surface area contributed by atoms with Crippen LogP contribution in [0.25, 0.3) is 16.8 Å². The van der Waals surface area contributed by atoms with Crippen LogP contribution in [0.4, 0.5) is 10.1 Å². The highest BCUT2D eigenvalue weighted by molar-refractivity contribution is 6.36. The normalized spacial score (nSPS) is 10.8. The number of aromatic amines is 1. The molecule has 0 aliphatic rings. The molecule has 4 rings (SSSR count). The van der Waals surface area contributed by atoms with Crippen molar-refractivity contribution in [3.05, 3.63) is 115 Å². The molecule has 2 N–H and O–H groups in total. The zero-order valence-electron chi connectivity index (χ0n) is 16.9. The summed E-state index contributed by atoms with van der Waals surface area (Å²) in [7, 11) is 0. The molecular formula is C24H16Cl2FN3O3. The van der Waals surface area contributed by atoms with E-state index in [1.165, 1.54) is 12.1 Å². The monoisotopic (exact) mass is 483 g/mol. The number of rotatable bonds is 5. The number of nitrogens with zero attached hydrogens (tertiary/aromatic N) is 1. The van der Waals surface area contributed by atoms with Crippen LogP contribution in [0.15, 0.2) is 82.5 Å². The number of anilines is 1. The van der Waals surface area contributed by atoms with Gasteiger partial charge >= 0.3 is 5.69 Å². The molecule has 9 heteroatoms. The standard InChI is InChI=1S/C24H16Cl2FN3O3/c25-16-4-9-19(20(26)12-16)15-3-1-2-14(10-15)11-22(31)28-17-5-7-18(8-6-17)30-13-21(27)23(32)29-24(30)33/h1-10,12-13H,11H2,(H,28,31)(H,29,32,33). The molecular weight excluding hydrogens is 468 g/mol. The Hall–Kier alpha value is -3.68. The van der Waals surface area contributed by atoms with Gasteiger partial charge in [-0.2, -0.15) is 4.39 Å². The molecule has 1 amide bonds. The number of aromatic nitrogens is 2. The summed E-state index contributed by atoms with van der Waals surface area (Å²) < 4.78 is 14.5. The number of carbonyl (C=O) groups is 1. The van der Waals surface area contributed by atoms with Crippen molar-refractivity contribution >= 4 is 34.8 Å². The van der Waals surface area contributed by atoms with Gasteiger partial charge in [-0.3, -0.25) is 19.1 Å². The molecule has 6 nitrogen and oxygen atoms in total. The Morgan fingerprint density at radius 1 is 1.00 bits per heavy atom. The maximum absolute atomic E-state index is 13.5. The molecule has 1 heterocycles. The Morgan fingerprint density at radius 3 is 2.48 bits per heavy atom. The van der Waals surface area contributed by atoms with E-state index in [1.807, 2.05) is 35.3 Å². The number of carbonyl (C=O) groups excluding carboxylic acids is 1. The molecule has 0 unspecified atom stereocenters. The molecule has 0 aliphatic carbocycles. The first-order valence-corrected chi connectivity index (χ1v) is 10.5. The molecule has 0 fully saturated rings. The topological polar surface area (TPSA) is 84.0 Å². The number of hydrogen-bond acceptors (Lipinski definition) is 3. The molecule has 0 atom stereocenters. The first kappa shape index (κ1) is 22.5. The van der Waals surface area contributed by atoms with E-state index < -0.39 is 17.1 Å². The number of amides is 1. The maximum atomic E-state index is 13.5. The molecule has 0 bridgehead atoms. The highest BCUT2D eigenvalue weighted by Crippen LogP contribution is 2.30. The SMILES string of the molecule is O=C(Cc1cccc(-c2ccc(Cl)cc2Cl)c1)Nc1ccc(-n2cc(F)c(=O)[nH]c2=O)cc1. The number of halogens is 3. The van der Waals surface area contributed by atoms with Gasteiger partial charge in [0, 0.05) is 21.3 Å². The Morgan fingerprint density at radius 2 is 1.76 bits per heavy atom. The summed E-state index contributed by atoms with van der Waals surface area (Å²) >= 11 is 12.3. The van der Waals surface area contributed by atoms with Crippen LogP contribution >= 0.6 is 23.2 Å². The molecule has 33 heavy (non-hydrogen) atoms. The van der Waals surface area contributed by atoms with Gasteiger partial charge in [-0.15, -0.1) is 0 Å². The molecule has 4 aromatic rings. The van der Waals surface area contributed by atoms with E-state index in [4.69, 9.17) is 23.2 Å². The fourth-order valence-corrected chi connectivity index (χ4v) is 3.83. The second kappa shape index (κ2) is 9.44. The smallest absolute Gasteiger partial charge is 0.326 e. The third-order valence-corrected chi connectivity index (χ3v) is 5.41. The van der Waals surface area contributed by atoms with Gasteiger partial charge in [-0.1, -0.05) is 53.5 Å². The summed E-state index contributed by atoms with van der Waals surface area (Å²) in [5, 5.41) is 3.84. The van der Waals surface area contributed by atoms with E-state index >= 15 is 0 Å². The molecule has 0 saturated carbocycles. The van der Waals surface area contributed by atoms with Crippen molar-refractivity contribution in [2.24, 2.45) is 0 Å². The van der Waals surface area contributed by atoms with Crippen LogP contribution in [0, 0.1) is 5.82 Å². The fraction of sp³-hybridized carbons (Fsp3) is 0.0417. The first-order valence-electron chi connectivity index (χ1n) is 9.76. The van der Waals surface area contributed by atoms with Gasteiger partial charge in [0.1, 0.15) is 0 Å². The lowest BCUT2D eigenvalue weighted by molar-refractivity contribution is -0.115. The van der Waals surface area contributed by atoms with E-state index in [1.54, 1.807) is 24.3 Å². The van der Waals surface area contributed by atoms with E-state index in [2.05, 4.69) is 5.32 Å². The van der Waals surface area contributed by atoms with Crippen molar-refractivity contribution in [3.63, 3.8) is 0 Å². The van der Waals surface area contributed by atoms with E-state index in [0.717, 1.165) is 27.5 Å². The molecule has 0 aliphatic heterocycles. The summed E-state index contributed by atoms with van der Waals surface area (Å²) in [5.74, 6) is -1.32. The first-order chi connectivity index (χ1) is 15.8. The van der Waals surface area contributed by atoms with Crippen molar-refractivity contribution in [3.8, 4) is 16.8 Å². The van der Waals surface area contributed by atoms with Crippen LogP contribution in [0.1, 0.15) is 5.56 Å². The van der Waals surface area contributed by atoms with Crippen LogP contribution in [-0.4, -0.2) is 15.5 Å². The van der Waals surface area contributed by atoms with Gasteiger partial charge in [0.05, 0.1) is 18.3 Å².